The molecule has 1 fully saturated rings. The van der Waals surface area contributed by atoms with Crippen LogP contribution in [0.5, 0.6) is 0 Å². The van der Waals surface area contributed by atoms with Gasteiger partial charge in [-0.2, -0.15) is 0 Å². The predicted octanol–water partition coefficient (Wildman–Crippen LogP) is 5.37. The number of aliphatic carboxylic acids is 1. The number of carbonyl (C=O) groups is 2. The molecule has 2 atom stereocenters. The third-order valence-corrected chi connectivity index (χ3v) is 16.7. The molecule has 1 N–H and O–H groups in total. The Hall–Kier alpha value is -2.28. The Morgan fingerprint density at radius 3 is 2.65 bits per heavy atom. The Balaban J connectivity index is 1.09. The number of allylic oxidation sites excluding steroid dienone is 3. The Labute approximate surface area is 227 Å². The Morgan fingerprint density at radius 2 is 1.92 bits per heavy atom. The second-order valence-corrected chi connectivity index (χ2v) is 19.4. The van der Waals surface area contributed by atoms with E-state index in [-0.39, 0.29) is 0 Å². The van der Waals surface area contributed by atoms with Crippen molar-refractivity contribution in [1.82, 2.24) is 4.90 Å². The van der Waals surface area contributed by atoms with Crippen LogP contribution in [-0.4, -0.2) is 66.9 Å². The second-order valence-electron chi connectivity index (χ2n) is 11.0. The molecule has 0 saturated carbocycles. The molecule has 194 valence electrons. The molecule has 6 nitrogen and oxygen atoms in total. The molecule has 5 rings (SSSR count). The van der Waals surface area contributed by atoms with E-state index in [2.05, 4.69) is 40.1 Å². The van der Waals surface area contributed by atoms with Crippen LogP contribution < -0.4 is 0 Å². The number of carboxylic acids is 1. The van der Waals surface area contributed by atoms with Gasteiger partial charge < -0.3 is 5.11 Å². The van der Waals surface area contributed by atoms with Gasteiger partial charge in [-0.15, -0.1) is 0 Å². The monoisotopic (exact) mass is 604 g/mol. The molecule has 2 unspecified atom stereocenters. The first kappa shape index (κ1) is 26.3. The molecule has 37 heavy (non-hydrogen) atoms. The number of rotatable bonds is 8. The topological polar surface area (TPSA) is 79.2 Å². The van der Waals surface area contributed by atoms with Crippen LogP contribution in [0.15, 0.2) is 59.1 Å². The van der Waals surface area contributed by atoms with E-state index in [0.29, 0.717) is 31.9 Å². The van der Waals surface area contributed by atoms with Gasteiger partial charge in [-0.25, -0.2) is 0 Å². The third kappa shape index (κ3) is 6.42. The summed E-state index contributed by atoms with van der Waals surface area (Å²) in [6.45, 7) is 2.51. The standard InChI is InChI=1S/C18H23N2O3.C11H11O.CH3.In/c21-18(22)15-4-3-5-16(12-15)23-13-14-7-10-20(11-8-14)17-6-1-2-9-19-17;12-8-9-5-6-10-3-1-2-4-11(10)7-9;;/h2-3,5-6,9,12,14-15H,1,4,7-8,10-11,13H2,(H,21,22);5-7H,1-4H2;1H3;. The Morgan fingerprint density at radius 1 is 1.14 bits per heavy atom. The van der Waals surface area contributed by atoms with Gasteiger partial charge in [0.2, 0.25) is 0 Å². The van der Waals surface area contributed by atoms with Gasteiger partial charge in [-0.05, 0) is 6.42 Å². The van der Waals surface area contributed by atoms with Gasteiger partial charge in [0, 0.05) is 0 Å². The molecule has 1 aromatic rings. The summed E-state index contributed by atoms with van der Waals surface area (Å²) in [5, 5.41) is 9.22. The Kier molecular flexibility index (Phi) is 8.58. The second kappa shape index (κ2) is 12.1. The number of piperidine rings is 1. The number of aliphatic imine (C=N–C) groups is 1. The van der Waals surface area contributed by atoms with Gasteiger partial charge in [0.25, 0.3) is 0 Å². The van der Waals surface area contributed by atoms with Crippen molar-refractivity contribution in [2.75, 3.05) is 19.7 Å². The van der Waals surface area contributed by atoms with Crippen LogP contribution in [0.25, 0.3) is 0 Å². The zero-order valence-corrected chi connectivity index (χ0v) is 25.1. The minimum absolute atomic E-state index is 0.339. The molecule has 7 heteroatoms. The van der Waals surface area contributed by atoms with Crippen molar-refractivity contribution in [1.29, 1.82) is 0 Å². The van der Waals surface area contributed by atoms with Crippen LogP contribution in [0.4, 0.5) is 0 Å². The summed E-state index contributed by atoms with van der Waals surface area (Å²) in [5.74, 6) is 0.905. The van der Waals surface area contributed by atoms with Crippen LogP contribution in [0.1, 0.15) is 60.0 Å². The van der Waals surface area contributed by atoms with Crippen molar-refractivity contribution in [3.63, 3.8) is 0 Å². The van der Waals surface area contributed by atoms with Gasteiger partial charge in [0.15, 0.2) is 0 Å². The van der Waals surface area contributed by atoms with Crippen molar-refractivity contribution in [2.45, 2.75) is 59.7 Å². The molecular formula is C30H37InN2O4. The molecule has 1 aromatic carbocycles. The van der Waals surface area contributed by atoms with Crippen LogP contribution >= 0.6 is 0 Å². The maximum absolute atomic E-state index is 13.3. The predicted molar refractivity (Wildman–Crippen MR) is 147 cm³/mol. The van der Waals surface area contributed by atoms with Gasteiger partial charge >= 0.3 is 200 Å². The molecule has 1 saturated heterocycles. The van der Waals surface area contributed by atoms with E-state index >= 15 is 0 Å². The summed E-state index contributed by atoms with van der Waals surface area (Å²) in [6.07, 6.45) is 18.1. The molecule has 4 aliphatic rings. The van der Waals surface area contributed by atoms with E-state index in [0.717, 1.165) is 56.6 Å². The van der Waals surface area contributed by atoms with E-state index in [9.17, 15) is 14.7 Å². The average Bonchev–Trinajstić information content (AvgIpc) is 2.95. The molecule has 0 aromatic heterocycles. The van der Waals surface area contributed by atoms with Gasteiger partial charge in [0.05, 0.1) is 5.92 Å². The molecule has 0 spiro atoms. The van der Waals surface area contributed by atoms with E-state index in [4.69, 9.17) is 9.73 Å². The Bertz CT molecular complexity index is 1150. The first-order valence-corrected chi connectivity index (χ1v) is 20.7. The number of carboxylic acid groups (broad SMARTS) is 1. The van der Waals surface area contributed by atoms with Gasteiger partial charge in [-0.1, -0.05) is 6.08 Å². The van der Waals surface area contributed by atoms with Crippen molar-refractivity contribution < 1.29 is 19.4 Å². The minimum atomic E-state index is -2.48. The van der Waals surface area contributed by atoms with Crippen LogP contribution in [0.3, 0.4) is 0 Å². The molecule has 0 radical (unpaired) electrons. The molecule has 2 aliphatic heterocycles. The number of hydrogen-bond acceptors (Lipinski definition) is 5. The third-order valence-electron chi connectivity index (χ3n) is 8.44. The summed E-state index contributed by atoms with van der Waals surface area (Å²) in [7, 11) is 0. The number of ether oxygens (including phenoxy) is 1. The number of nitrogens with zero attached hydrogens (tertiary/aromatic N) is 2. The first-order valence-electron chi connectivity index (χ1n) is 13.9. The van der Waals surface area contributed by atoms with Crippen LogP contribution in [0, 0.1) is 11.8 Å². The summed E-state index contributed by atoms with van der Waals surface area (Å²) in [4.78, 5) is 31.7. The number of hydrogen-bond donors (Lipinski definition) is 1. The van der Waals surface area contributed by atoms with Crippen molar-refractivity contribution in [3.8, 4) is 0 Å². The summed E-state index contributed by atoms with van der Waals surface area (Å²) < 4.78 is 8.96. The maximum atomic E-state index is 13.3. The average molecular weight is 604 g/mol. The number of carbonyl (C=O) groups excluding carboxylic acids is 1. The van der Waals surface area contributed by atoms with Crippen LogP contribution in [-0.2, 0) is 22.4 Å². The van der Waals surface area contributed by atoms with E-state index < -0.39 is 33.3 Å². The summed E-state index contributed by atoms with van der Waals surface area (Å²) >= 11 is -2.48. The van der Waals surface area contributed by atoms with Gasteiger partial charge in [-0.3, -0.25) is 4.79 Å². The fourth-order valence-corrected chi connectivity index (χ4v) is 11.5. The van der Waals surface area contributed by atoms with E-state index in [1.807, 2.05) is 12.2 Å². The molecule has 0 amide bonds. The molecular weight excluding hydrogens is 567 g/mol. The fourth-order valence-electron chi connectivity index (χ4n) is 5.88. The summed E-state index contributed by atoms with van der Waals surface area (Å²) in [6, 6.07) is 6.45. The quantitative estimate of drug-likeness (QED) is 0.432. The van der Waals surface area contributed by atoms with E-state index in [1.165, 1.54) is 24.0 Å². The number of benzene rings is 1. The van der Waals surface area contributed by atoms with E-state index in [1.54, 1.807) is 6.08 Å². The van der Waals surface area contributed by atoms with Gasteiger partial charge in [0.1, 0.15) is 0 Å². The summed E-state index contributed by atoms with van der Waals surface area (Å²) in [5.41, 5.74) is 3.76. The van der Waals surface area contributed by atoms with Crippen LogP contribution in [0.2, 0.25) is 8.35 Å². The van der Waals surface area contributed by atoms with Crippen molar-refractivity contribution in [2.24, 2.45) is 16.8 Å². The number of fused-ring (bicyclic) bond motifs is 1. The molecule has 0 bridgehead atoms. The normalized spacial score (nSPS) is 23.6. The van der Waals surface area contributed by atoms with Crippen molar-refractivity contribution >= 4 is 37.2 Å². The SMILES string of the molecule is [CH3][In]([C](=O)c1ccc2c(c1)CCCC2)[CH]1C=NC(N2CCC(COC3=CC(C(=O)O)CC=C3)CC2)=CC1. The fraction of sp³-hybridized carbons (Fsp3) is 0.500. The number of likely N-dealkylation sites (tertiary alicyclic amines) is 1. The number of aryl methyl sites for hydroxylation is 2. The zero-order chi connectivity index (χ0) is 25.8. The molecule has 2 aliphatic carbocycles. The zero-order valence-electron chi connectivity index (χ0n) is 21.8. The first-order chi connectivity index (χ1) is 18.0. The molecule has 2 heterocycles. The van der Waals surface area contributed by atoms with Crippen molar-refractivity contribution in [3.05, 3.63) is 70.8 Å².